The highest BCUT2D eigenvalue weighted by Crippen LogP contribution is 2.21. The van der Waals surface area contributed by atoms with Crippen LogP contribution in [0.15, 0.2) is 43.0 Å². The van der Waals surface area contributed by atoms with Gasteiger partial charge in [0.15, 0.2) is 0 Å². The highest BCUT2D eigenvalue weighted by atomic mass is 16.5. The molecule has 116 valence electrons. The van der Waals surface area contributed by atoms with Crippen LogP contribution in [0.3, 0.4) is 0 Å². The monoisotopic (exact) mass is 299 g/mol. The topological polar surface area (TPSA) is 47.4 Å². The molecule has 1 aliphatic rings. The Balaban J connectivity index is 1.72. The van der Waals surface area contributed by atoms with Gasteiger partial charge in [0, 0.05) is 36.8 Å². The van der Waals surface area contributed by atoms with E-state index in [-0.39, 0.29) is 11.9 Å². The van der Waals surface area contributed by atoms with Crippen molar-refractivity contribution in [3.63, 3.8) is 0 Å². The number of hydrogen-bond acceptors (Lipinski definition) is 3. The van der Waals surface area contributed by atoms with Gasteiger partial charge in [-0.2, -0.15) is 0 Å². The number of imidazole rings is 1. The van der Waals surface area contributed by atoms with Gasteiger partial charge in [-0.05, 0) is 44.0 Å². The van der Waals surface area contributed by atoms with E-state index in [1.165, 1.54) is 0 Å². The van der Waals surface area contributed by atoms with E-state index in [4.69, 9.17) is 4.74 Å². The molecule has 5 heteroatoms. The van der Waals surface area contributed by atoms with Crippen LogP contribution in [0.2, 0.25) is 0 Å². The van der Waals surface area contributed by atoms with E-state index >= 15 is 0 Å². The number of aromatic nitrogens is 2. The number of ether oxygens (including phenoxy) is 1. The van der Waals surface area contributed by atoms with Gasteiger partial charge < -0.3 is 14.2 Å². The van der Waals surface area contributed by atoms with E-state index < -0.39 is 0 Å². The van der Waals surface area contributed by atoms with Crippen molar-refractivity contribution in [1.29, 1.82) is 0 Å². The summed E-state index contributed by atoms with van der Waals surface area (Å²) in [4.78, 5) is 18.6. The Labute approximate surface area is 130 Å². The first-order valence-electron chi connectivity index (χ1n) is 7.76. The van der Waals surface area contributed by atoms with Crippen LogP contribution >= 0.6 is 0 Å². The highest BCUT2D eigenvalue weighted by molar-refractivity contribution is 5.94. The molecular formula is C17H21N3O2. The zero-order valence-corrected chi connectivity index (χ0v) is 12.8. The molecule has 1 aromatic carbocycles. The Morgan fingerprint density at radius 3 is 2.86 bits per heavy atom. The third-order valence-corrected chi connectivity index (χ3v) is 4.07. The molecule has 1 amide bonds. The maximum Gasteiger partial charge on any atom is 0.254 e. The second kappa shape index (κ2) is 6.75. The van der Waals surface area contributed by atoms with Crippen molar-refractivity contribution in [3.8, 4) is 5.69 Å². The lowest BCUT2D eigenvalue weighted by atomic mass is 10.1. The number of carbonyl (C=O) groups excluding carboxylic acids is 1. The number of amides is 1. The van der Waals surface area contributed by atoms with Crippen LogP contribution in [0.5, 0.6) is 0 Å². The van der Waals surface area contributed by atoms with Crippen LogP contribution in [0.25, 0.3) is 5.69 Å². The molecule has 2 aromatic rings. The molecule has 3 rings (SSSR count). The van der Waals surface area contributed by atoms with E-state index in [2.05, 4.69) is 4.98 Å². The molecule has 1 saturated heterocycles. The van der Waals surface area contributed by atoms with Crippen LogP contribution < -0.4 is 0 Å². The van der Waals surface area contributed by atoms with Gasteiger partial charge in [-0.15, -0.1) is 0 Å². The average molecular weight is 299 g/mol. The van der Waals surface area contributed by atoms with E-state index in [9.17, 15) is 4.79 Å². The first kappa shape index (κ1) is 14.8. The maximum absolute atomic E-state index is 12.7. The summed E-state index contributed by atoms with van der Waals surface area (Å²) in [5.41, 5.74) is 1.73. The molecule has 1 fully saturated rings. The van der Waals surface area contributed by atoms with Crippen molar-refractivity contribution >= 4 is 5.91 Å². The predicted octanol–water partition coefficient (Wildman–Crippen LogP) is 2.51. The number of carbonyl (C=O) groups is 1. The van der Waals surface area contributed by atoms with Gasteiger partial charge >= 0.3 is 0 Å². The zero-order valence-electron chi connectivity index (χ0n) is 12.8. The normalized spacial score (nSPS) is 17.9. The van der Waals surface area contributed by atoms with Gasteiger partial charge in [0.05, 0.1) is 19.0 Å². The van der Waals surface area contributed by atoms with E-state index in [1.807, 2.05) is 46.9 Å². The van der Waals surface area contributed by atoms with Crippen molar-refractivity contribution < 1.29 is 9.53 Å². The Morgan fingerprint density at radius 2 is 2.18 bits per heavy atom. The average Bonchev–Trinajstić information content (AvgIpc) is 3.24. The van der Waals surface area contributed by atoms with E-state index in [0.29, 0.717) is 13.2 Å². The van der Waals surface area contributed by atoms with Crippen molar-refractivity contribution in [3.05, 3.63) is 48.5 Å². The summed E-state index contributed by atoms with van der Waals surface area (Å²) < 4.78 is 7.42. The van der Waals surface area contributed by atoms with Crippen molar-refractivity contribution in [1.82, 2.24) is 14.5 Å². The van der Waals surface area contributed by atoms with E-state index in [0.717, 1.165) is 30.6 Å². The molecule has 0 aliphatic carbocycles. The van der Waals surface area contributed by atoms with Gasteiger partial charge in [-0.25, -0.2) is 4.98 Å². The molecule has 1 aliphatic heterocycles. The third-order valence-electron chi connectivity index (χ3n) is 4.07. The maximum atomic E-state index is 12.7. The standard InChI is InChI=1S/C17H21N3O2/c1-2-22-12-16-4-3-10-20(16)17(21)14-5-7-15(8-6-14)19-11-9-18-13-19/h5-9,11,13,16H,2-4,10,12H2,1H3/t16-/m1/s1. The SMILES string of the molecule is CCOC[C@H]1CCCN1C(=O)c1ccc(-n2ccnc2)cc1. The molecule has 2 heterocycles. The van der Waals surface area contributed by atoms with Crippen LogP contribution in [0, 0.1) is 0 Å². The van der Waals surface area contributed by atoms with Gasteiger partial charge in [0.1, 0.15) is 0 Å². The number of likely N-dealkylation sites (tertiary alicyclic amines) is 1. The number of rotatable bonds is 5. The summed E-state index contributed by atoms with van der Waals surface area (Å²) in [6.45, 7) is 4.13. The second-order valence-corrected chi connectivity index (χ2v) is 5.47. The summed E-state index contributed by atoms with van der Waals surface area (Å²) >= 11 is 0. The van der Waals surface area contributed by atoms with Crippen molar-refractivity contribution in [2.24, 2.45) is 0 Å². The quantitative estimate of drug-likeness (QED) is 0.852. The Morgan fingerprint density at radius 1 is 1.36 bits per heavy atom. The third kappa shape index (κ3) is 3.04. The molecule has 1 atom stereocenters. The molecule has 0 unspecified atom stereocenters. The fourth-order valence-electron chi connectivity index (χ4n) is 2.88. The summed E-state index contributed by atoms with van der Waals surface area (Å²) in [7, 11) is 0. The summed E-state index contributed by atoms with van der Waals surface area (Å²) in [6.07, 6.45) is 7.45. The fourth-order valence-corrected chi connectivity index (χ4v) is 2.88. The highest BCUT2D eigenvalue weighted by Gasteiger charge is 2.29. The minimum atomic E-state index is 0.0967. The largest absolute Gasteiger partial charge is 0.380 e. The number of hydrogen-bond donors (Lipinski definition) is 0. The van der Waals surface area contributed by atoms with Crippen molar-refractivity contribution in [2.75, 3.05) is 19.8 Å². The van der Waals surface area contributed by atoms with Crippen LogP contribution in [0.1, 0.15) is 30.1 Å². The van der Waals surface area contributed by atoms with Crippen LogP contribution in [-0.4, -0.2) is 46.2 Å². The predicted molar refractivity (Wildman–Crippen MR) is 84.1 cm³/mol. The Bertz CT molecular complexity index is 607. The van der Waals surface area contributed by atoms with Gasteiger partial charge in [-0.3, -0.25) is 4.79 Å². The number of benzene rings is 1. The van der Waals surface area contributed by atoms with Crippen LogP contribution in [-0.2, 0) is 4.74 Å². The fraction of sp³-hybridized carbons (Fsp3) is 0.412. The molecule has 1 aromatic heterocycles. The number of nitrogens with zero attached hydrogens (tertiary/aromatic N) is 3. The van der Waals surface area contributed by atoms with Crippen LogP contribution in [0.4, 0.5) is 0 Å². The lowest BCUT2D eigenvalue weighted by molar-refractivity contribution is 0.0564. The molecule has 0 radical (unpaired) electrons. The summed E-state index contributed by atoms with van der Waals surface area (Å²) in [5, 5.41) is 0. The molecule has 0 spiro atoms. The second-order valence-electron chi connectivity index (χ2n) is 5.47. The van der Waals surface area contributed by atoms with Gasteiger partial charge in [0.2, 0.25) is 0 Å². The first-order chi connectivity index (χ1) is 10.8. The van der Waals surface area contributed by atoms with E-state index in [1.54, 1.807) is 12.5 Å². The molecule has 0 saturated carbocycles. The lowest BCUT2D eigenvalue weighted by Crippen LogP contribution is -2.38. The first-order valence-corrected chi connectivity index (χ1v) is 7.76. The molecule has 0 N–H and O–H groups in total. The molecule has 22 heavy (non-hydrogen) atoms. The summed E-state index contributed by atoms with van der Waals surface area (Å²) in [6, 6.07) is 7.87. The molecule has 5 nitrogen and oxygen atoms in total. The molecule has 0 bridgehead atoms. The van der Waals surface area contributed by atoms with Gasteiger partial charge in [-0.1, -0.05) is 0 Å². The smallest absolute Gasteiger partial charge is 0.254 e. The minimum absolute atomic E-state index is 0.0967. The zero-order chi connectivity index (χ0) is 15.4. The minimum Gasteiger partial charge on any atom is -0.380 e. The van der Waals surface area contributed by atoms with Crippen molar-refractivity contribution in [2.45, 2.75) is 25.8 Å². The van der Waals surface area contributed by atoms with Gasteiger partial charge in [0.25, 0.3) is 5.91 Å². The Kier molecular flexibility index (Phi) is 4.53. The summed E-state index contributed by atoms with van der Waals surface area (Å²) in [5.74, 6) is 0.0967. The molecular weight excluding hydrogens is 278 g/mol. The Hall–Kier alpha value is -2.14. The lowest BCUT2D eigenvalue weighted by Gasteiger charge is -2.24.